The third-order valence-electron chi connectivity index (χ3n) is 3.59. The topological polar surface area (TPSA) is 40.5 Å². The predicted octanol–water partition coefficient (Wildman–Crippen LogP) is 1.17. The highest BCUT2D eigenvalue weighted by molar-refractivity contribution is 6.61. The summed E-state index contributed by atoms with van der Waals surface area (Å²) in [4.78, 5) is 12.2. The van der Waals surface area contributed by atoms with Crippen molar-refractivity contribution in [2.45, 2.75) is 52.2 Å². The maximum atomic E-state index is 12.2. The van der Waals surface area contributed by atoms with Gasteiger partial charge in [-0.3, -0.25) is 4.79 Å². The third kappa shape index (κ3) is 2.02. The molecule has 0 amide bonds. The quantitative estimate of drug-likeness (QED) is 0.744. The first kappa shape index (κ1) is 8.18. The fourth-order valence-electron chi connectivity index (χ4n) is 1.77. The molecule has 0 radical (unpaired) electrons. The van der Waals surface area contributed by atoms with Gasteiger partial charge in [-0.15, -0.1) is 0 Å². The maximum absolute atomic E-state index is 12.2. The van der Waals surface area contributed by atoms with Gasteiger partial charge in [0, 0.05) is 19.4 Å². The summed E-state index contributed by atoms with van der Waals surface area (Å²) < 4.78 is 50.3. The summed E-state index contributed by atoms with van der Waals surface area (Å²) in [6, 6.07) is 3.97. The first-order valence-electron chi connectivity index (χ1n) is 8.29. The molecule has 4 nitrogen and oxygen atoms in total. The average molecular weight is 254 g/mol. The van der Waals surface area contributed by atoms with Gasteiger partial charge in [-0.25, -0.2) is 0 Å². The van der Waals surface area contributed by atoms with Gasteiger partial charge >= 0.3 is 7.12 Å². The molecule has 0 aromatic carbocycles. The molecule has 0 atom stereocenters. The third-order valence-corrected chi connectivity index (χ3v) is 3.59. The molecular weight excluding hydrogens is 229 g/mol. The Labute approximate surface area is 115 Å². The van der Waals surface area contributed by atoms with Crippen LogP contribution in [0.1, 0.15) is 41.4 Å². The van der Waals surface area contributed by atoms with Crippen LogP contribution >= 0.6 is 0 Å². The Balaban J connectivity index is 2.60. The number of hydrogen-bond acceptors (Lipinski definition) is 3. The van der Waals surface area contributed by atoms with E-state index in [0.717, 1.165) is 6.07 Å². The summed E-state index contributed by atoms with van der Waals surface area (Å²) in [7, 11) is -1.04. The lowest BCUT2D eigenvalue weighted by molar-refractivity contribution is 0.00578. The van der Waals surface area contributed by atoms with Crippen molar-refractivity contribution in [1.82, 2.24) is 4.57 Å². The highest BCUT2D eigenvalue weighted by Gasteiger charge is 2.52. The molecule has 0 spiro atoms. The minimum Gasteiger partial charge on any atom is -0.398 e. The molecule has 1 aliphatic rings. The molecule has 18 heavy (non-hydrogen) atoms. The molecule has 1 aliphatic heterocycles. The van der Waals surface area contributed by atoms with Crippen LogP contribution < -0.4 is 11.2 Å². The fourth-order valence-corrected chi connectivity index (χ4v) is 1.77. The molecule has 1 aromatic rings. The monoisotopic (exact) mass is 254 g/mol. The van der Waals surface area contributed by atoms with Crippen LogP contribution in [0.4, 0.5) is 0 Å². The van der Waals surface area contributed by atoms with Crippen molar-refractivity contribution in [2.75, 3.05) is 0 Å². The van der Waals surface area contributed by atoms with Crippen molar-refractivity contribution >= 4 is 12.7 Å². The van der Waals surface area contributed by atoms with Crippen LogP contribution in [0.5, 0.6) is 0 Å². The Morgan fingerprint density at radius 3 is 2.50 bits per heavy atom. The van der Waals surface area contributed by atoms with Gasteiger partial charge in [-0.05, 0) is 40.6 Å². The number of aromatic nitrogens is 1. The van der Waals surface area contributed by atoms with E-state index < -0.39 is 37.2 Å². The molecule has 5 heteroatoms. The molecule has 1 aromatic heterocycles. The highest BCUT2D eigenvalue weighted by atomic mass is 16.7. The molecule has 0 saturated carbocycles. The predicted molar refractivity (Wildman–Crippen MR) is 72.1 cm³/mol. The van der Waals surface area contributed by atoms with Crippen molar-refractivity contribution in [2.24, 2.45) is 0 Å². The van der Waals surface area contributed by atoms with Crippen molar-refractivity contribution in [3.63, 3.8) is 0 Å². The second-order valence-electron chi connectivity index (χ2n) is 5.32. The van der Waals surface area contributed by atoms with E-state index in [2.05, 4.69) is 0 Å². The van der Waals surface area contributed by atoms with Gasteiger partial charge < -0.3 is 13.9 Å². The minimum absolute atomic E-state index is 0.0391. The zero-order valence-corrected chi connectivity index (χ0v) is 11.0. The lowest BCUT2D eigenvalue weighted by Gasteiger charge is -2.32. The van der Waals surface area contributed by atoms with E-state index in [1.807, 2.05) is 27.7 Å². The van der Waals surface area contributed by atoms with E-state index in [9.17, 15) is 4.79 Å². The van der Waals surface area contributed by atoms with Crippen molar-refractivity contribution in [1.29, 1.82) is 0 Å². The van der Waals surface area contributed by atoms with Gasteiger partial charge in [-0.1, -0.05) is 6.07 Å². The molecule has 2 rings (SSSR count). The second-order valence-corrected chi connectivity index (χ2v) is 5.32. The summed E-state index contributed by atoms with van der Waals surface area (Å²) in [6.07, 6.45) is 0. The molecule has 0 aliphatic carbocycles. The van der Waals surface area contributed by atoms with E-state index in [0.29, 0.717) is 4.57 Å². The van der Waals surface area contributed by atoms with Crippen LogP contribution in [0.25, 0.3) is 0 Å². The Morgan fingerprint density at radius 1 is 1.33 bits per heavy atom. The molecule has 0 N–H and O–H groups in total. The summed E-state index contributed by atoms with van der Waals surface area (Å²) in [5, 5.41) is 0. The summed E-state index contributed by atoms with van der Waals surface area (Å²) in [6.45, 7) is 1.36. The molecule has 0 bridgehead atoms. The highest BCUT2D eigenvalue weighted by Crippen LogP contribution is 2.36. The minimum atomic E-state index is -3.02. The number of nitrogens with zero attached hydrogens (tertiary/aromatic N) is 1. The van der Waals surface area contributed by atoms with Gasteiger partial charge in [0.2, 0.25) is 5.56 Å². The summed E-state index contributed by atoms with van der Waals surface area (Å²) >= 11 is 0. The van der Waals surface area contributed by atoms with Crippen LogP contribution in [-0.2, 0) is 15.8 Å². The number of hydrogen-bond donors (Lipinski definition) is 0. The van der Waals surface area contributed by atoms with E-state index in [-0.39, 0.29) is 5.59 Å². The van der Waals surface area contributed by atoms with Gasteiger partial charge in [0.05, 0.1) is 16.8 Å². The average Bonchev–Trinajstić information content (AvgIpc) is 2.56. The van der Waals surface area contributed by atoms with Crippen LogP contribution in [0.2, 0.25) is 0 Å². The standard InChI is InChI=1S/C13H20BNO3/c1-6-15-10(8-7-9-11(15)16)14-17-12(2,3)13(4,5)18-14/h7-9H,6H2,1-5H3/i1D3,6D2. The van der Waals surface area contributed by atoms with Crippen molar-refractivity contribution in [3.05, 3.63) is 28.6 Å². The lowest BCUT2D eigenvalue weighted by Crippen LogP contribution is -2.45. The normalized spacial score (nSPS) is 26.9. The number of rotatable bonds is 2. The molecule has 2 heterocycles. The van der Waals surface area contributed by atoms with Crippen LogP contribution in [0.15, 0.2) is 23.0 Å². The Bertz CT molecular complexity index is 652. The Morgan fingerprint density at radius 2 is 1.94 bits per heavy atom. The summed E-state index contributed by atoms with van der Waals surface area (Å²) in [5.74, 6) is 0. The van der Waals surface area contributed by atoms with E-state index >= 15 is 0 Å². The second kappa shape index (κ2) is 4.25. The van der Waals surface area contributed by atoms with E-state index in [1.54, 1.807) is 0 Å². The SMILES string of the molecule is [2H]C([2H])([2H])C([2H])([2H])n1c(B2OC(C)(C)C(C)(C)O2)cccc1=O. The van der Waals surface area contributed by atoms with Crippen LogP contribution in [-0.4, -0.2) is 22.9 Å². The van der Waals surface area contributed by atoms with Gasteiger partial charge in [0.15, 0.2) is 0 Å². The maximum Gasteiger partial charge on any atom is 0.512 e. The van der Waals surface area contributed by atoms with Crippen molar-refractivity contribution in [3.8, 4) is 0 Å². The van der Waals surface area contributed by atoms with Gasteiger partial charge in [0.1, 0.15) is 0 Å². The Hall–Kier alpha value is -1.07. The summed E-state index contributed by atoms with van der Waals surface area (Å²) in [5.41, 5.74) is -2.11. The van der Waals surface area contributed by atoms with Crippen LogP contribution in [0.3, 0.4) is 0 Å². The lowest BCUT2D eigenvalue weighted by atomic mass is 9.83. The van der Waals surface area contributed by atoms with E-state index in [4.69, 9.17) is 16.2 Å². The molecular formula is C13H20BNO3. The smallest absolute Gasteiger partial charge is 0.398 e. The largest absolute Gasteiger partial charge is 0.512 e. The Kier molecular flexibility index (Phi) is 1.93. The zero-order valence-electron chi connectivity index (χ0n) is 16.0. The first-order valence-corrected chi connectivity index (χ1v) is 5.79. The van der Waals surface area contributed by atoms with Gasteiger partial charge in [-0.2, -0.15) is 0 Å². The van der Waals surface area contributed by atoms with Crippen LogP contribution in [0, 0.1) is 0 Å². The van der Waals surface area contributed by atoms with Crippen molar-refractivity contribution < 1.29 is 16.2 Å². The zero-order chi connectivity index (χ0) is 17.8. The van der Waals surface area contributed by atoms with Gasteiger partial charge in [0.25, 0.3) is 0 Å². The number of pyridine rings is 1. The molecule has 1 fully saturated rings. The molecule has 0 unspecified atom stereocenters. The molecule has 1 saturated heterocycles. The molecule has 98 valence electrons. The fraction of sp³-hybridized carbons (Fsp3) is 0.615. The van der Waals surface area contributed by atoms with E-state index in [1.165, 1.54) is 12.1 Å². The first-order chi connectivity index (χ1) is 10.2.